The molecular formula is C20H19N3O5S. The Bertz CT molecular complexity index is 1100. The normalized spacial score (nSPS) is 13.9. The number of anilines is 2. The van der Waals surface area contributed by atoms with Crippen LogP contribution in [0.15, 0.2) is 42.5 Å². The van der Waals surface area contributed by atoms with Crippen LogP contribution in [0.3, 0.4) is 0 Å². The van der Waals surface area contributed by atoms with Crippen molar-refractivity contribution in [2.24, 2.45) is 0 Å². The molecule has 8 nitrogen and oxygen atoms in total. The van der Waals surface area contributed by atoms with E-state index in [1.807, 2.05) is 6.07 Å². The van der Waals surface area contributed by atoms with Gasteiger partial charge in [0.15, 0.2) is 6.10 Å². The van der Waals surface area contributed by atoms with Crippen molar-refractivity contribution in [1.82, 2.24) is 0 Å². The molecule has 150 valence electrons. The van der Waals surface area contributed by atoms with E-state index in [1.54, 1.807) is 36.4 Å². The molecule has 2 aromatic rings. The zero-order valence-electron chi connectivity index (χ0n) is 15.9. The number of hydrogen-bond acceptors (Lipinski definition) is 6. The summed E-state index contributed by atoms with van der Waals surface area (Å²) < 4.78 is 30.1. The Morgan fingerprint density at radius 2 is 1.90 bits per heavy atom. The van der Waals surface area contributed by atoms with E-state index in [0.29, 0.717) is 29.9 Å². The number of carbonyl (C=O) groups excluding carboxylic acids is 2. The highest BCUT2D eigenvalue weighted by Crippen LogP contribution is 2.31. The minimum absolute atomic E-state index is 0.247. The Balaban J connectivity index is 1.65. The second-order valence-corrected chi connectivity index (χ2v) is 8.56. The lowest BCUT2D eigenvalue weighted by Crippen LogP contribution is -2.30. The molecule has 1 atom stereocenters. The molecule has 2 aromatic carbocycles. The van der Waals surface area contributed by atoms with Crippen LogP contribution in [0.25, 0.3) is 0 Å². The highest BCUT2D eigenvalue weighted by atomic mass is 32.2. The molecule has 1 aliphatic rings. The maximum absolute atomic E-state index is 12.4. The third-order valence-electron chi connectivity index (χ3n) is 4.50. The van der Waals surface area contributed by atoms with E-state index >= 15 is 0 Å². The number of esters is 1. The van der Waals surface area contributed by atoms with E-state index in [4.69, 9.17) is 10.00 Å². The second kappa shape index (κ2) is 7.93. The number of nitrogens with one attached hydrogen (secondary N) is 1. The minimum atomic E-state index is -3.37. The van der Waals surface area contributed by atoms with Crippen LogP contribution in [0.2, 0.25) is 0 Å². The maximum atomic E-state index is 12.4. The first kappa shape index (κ1) is 20.4. The number of nitrogens with zero attached hydrogens (tertiary/aromatic N) is 2. The van der Waals surface area contributed by atoms with Crippen LogP contribution >= 0.6 is 0 Å². The fraction of sp³-hybridized carbons (Fsp3) is 0.250. The summed E-state index contributed by atoms with van der Waals surface area (Å²) in [4.78, 5) is 24.7. The summed E-state index contributed by atoms with van der Waals surface area (Å²) in [5, 5.41) is 11.4. The van der Waals surface area contributed by atoms with Gasteiger partial charge in [-0.25, -0.2) is 13.2 Å². The molecular weight excluding hydrogens is 394 g/mol. The molecule has 0 radical (unpaired) electrons. The summed E-state index contributed by atoms with van der Waals surface area (Å²) in [6, 6.07) is 12.9. The monoisotopic (exact) mass is 413 g/mol. The molecule has 0 unspecified atom stereocenters. The van der Waals surface area contributed by atoms with Crippen molar-refractivity contribution in [3.63, 3.8) is 0 Å². The molecule has 0 aromatic heterocycles. The van der Waals surface area contributed by atoms with Crippen molar-refractivity contribution in [3.8, 4) is 6.07 Å². The summed E-state index contributed by atoms with van der Waals surface area (Å²) in [6.45, 7) is 1.78. The number of benzene rings is 2. The molecule has 1 N–H and O–H groups in total. The predicted octanol–water partition coefficient (Wildman–Crippen LogP) is 2.06. The van der Waals surface area contributed by atoms with Crippen LogP contribution in [-0.4, -0.2) is 39.2 Å². The van der Waals surface area contributed by atoms with Crippen LogP contribution in [0.5, 0.6) is 0 Å². The van der Waals surface area contributed by atoms with Gasteiger partial charge in [0.25, 0.3) is 5.91 Å². The first-order chi connectivity index (χ1) is 13.7. The van der Waals surface area contributed by atoms with E-state index in [1.165, 1.54) is 17.3 Å². The van der Waals surface area contributed by atoms with Crippen molar-refractivity contribution in [3.05, 3.63) is 59.2 Å². The van der Waals surface area contributed by atoms with Crippen molar-refractivity contribution in [2.45, 2.75) is 19.4 Å². The Labute approximate surface area is 168 Å². The van der Waals surface area contributed by atoms with Gasteiger partial charge in [0.1, 0.15) is 0 Å². The first-order valence-corrected chi connectivity index (χ1v) is 10.7. The quantitative estimate of drug-likeness (QED) is 0.750. The molecule has 1 heterocycles. The van der Waals surface area contributed by atoms with Gasteiger partial charge in [-0.05, 0) is 61.4 Å². The van der Waals surface area contributed by atoms with E-state index in [0.717, 1.165) is 11.8 Å². The third-order valence-corrected chi connectivity index (χ3v) is 5.68. The largest absolute Gasteiger partial charge is 0.449 e. The number of nitriles is 1. The van der Waals surface area contributed by atoms with Gasteiger partial charge < -0.3 is 10.1 Å². The van der Waals surface area contributed by atoms with Crippen molar-refractivity contribution >= 4 is 33.3 Å². The van der Waals surface area contributed by atoms with Gasteiger partial charge in [0.05, 0.1) is 29.1 Å². The van der Waals surface area contributed by atoms with Crippen LogP contribution in [-0.2, 0) is 26.0 Å². The molecule has 29 heavy (non-hydrogen) atoms. The lowest BCUT2D eigenvalue weighted by molar-refractivity contribution is -0.123. The highest BCUT2D eigenvalue weighted by Gasteiger charge is 2.27. The standard InChI is InChI=1S/C20H19N3O5S/c1-13(19(24)22-17-6-3-14(12-21)4-7-17)28-20(25)16-5-8-18-15(11-16)9-10-23(18)29(2,26)27/h3-8,11,13H,9-10H2,1-2H3,(H,22,24)/t13-/m0/s1. The Hall–Kier alpha value is -3.38. The number of carbonyl (C=O) groups is 2. The van der Waals surface area contributed by atoms with Gasteiger partial charge in [-0.2, -0.15) is 5.26 Å². The fourth-order valence-electron chi connectivity index (χ4n) is 3.00. The second-order valence-electron chi connectivity index (χ2n) is 6.65. The molecule has 0 spiro atoms. The van der Waals surface area contributed by atoms with Gasteiger partial charge in [-0.15, -0.1) is 0 Å². The van der Waals surface area contributed by atoms with Crippen molar-refractivity contribution in [2.75, 3.05) is 22.4 Å². The number of rotatable bonds is 5. The lowest BCUT2D eigenvalue weighted by Gasteiger charge is -2.17. The SMILES string of the molecule is C[C@H](OC(=O)c1ccc2c(c1)CCN2S(C)(=O)=O)C(=O)Nc1ccc(C#N)cc1. The fourth-order valence-corrected chi connectivity index (χ4v) is 3.96. The van der Waals surface area contributed by atoms with Gasteiger partial charge in [0, 0.05) is 12.2 Å². The summed E-state index contributed by atoms with van der Waals surface area (Å²) in [5.74, 6) is -1.18. The number of ether oxygens (including phenoxy) is 1. The Kier molecular flexibility index (Phi) is 5.57. The highest BCUT2D eigenvalue weighted by molar-refractivity contribution is 7.92. The molecule has 1 aliphatic heterocycles. The molecule has 0 aliphatic carbocycles. The molecule has 0 saturated heterocycles. The summed E-state index contributed by atoms with van der Waals surface area (Å²) in [7, 11) is -3.37. The molecule has 0 fully saturated rings. The smallest absolute Gasteiger partial charge is 0.338 e. The number of fused-ring (bicyclic) bond motifs is 1. The van der Waals surface area contributed by atoms with Gasteiger partial charge >= 0.3 is 5.97 Å². The molecule has 0 bridgehead atoms. The summed E-state index contributed by atoms with van der Waals surface area (Å²) in [5.41, 5.74) is 2.48. The van der Waals surface area contributed by atoms with Gasteiger partial charge in [-0.3, -0.25) is 9.10 Å². The minimum Gasteiger partial charge on any atom is -0.449 e. The Morgan fingerprint density at radius 3 is 2.52 bits per heavy atom. The lowest BCUT2D eigenvalue weighted by atomic mass is 10.1. The summed E-state index contributed by atoms with van der Waals surface area (Å²) in [6.07, 6.45) is 0.593. The van der Waals surface area contributed by atoms with E-state index in [-0.39, 0.29) is 5.56 Å². The third kappa shape index (κ3) is 4.55. The molecule has 3 rings (SSSR count). The zero-order valence-corrected chi connectivity index (χ0v) is 16.7. The number of hydrogen-bond donors (Lipinski definition) is 1. The van der Waals surface area contributed by atoms with Crippen molar-refractivity contribution < 1.29 is 22.7 Å². The van der Waals surface area contributed by atoms with E-state index in [9.17, 15) is 18.0 Å². The average Bonchev–Trinajstić information content (AvgIpc) is 3.12. The van der Waals surface area contributed by atoms with Gasteiger partial charge in [-0.1, -0.05) is 0 Å². The van der Waals surface area contributed by atoms with Crippen LogP contribution in [0.1, 0.15) is 28.4 Å². The first-order valence-electron chi connectivity index (χ1n) is 8.81. The number of amides is 1. The van der Waals surface area contributed by atoms with E-state index < -0.39 is 28.0 Å². The zero-order chi connectivity index (χ0) is 21.2. The predicted molar refractivity (Wildman–Crippen MR) is 107 cm³/mol. The topological polar surface area (TPSA) is 117 Å². The van der Waals surface area contributed by atoms with Crippen molar-refractivity contribution in [1.29, 1.82) is 5.26 Å². The van der Waals surface area contributed by atoms with Crippen LogP contribution in [0.4, 0.5) is 11.4 Å². The van der Waals surface area contributed by atoms with Crippen LogP contribution in [0, 0.1) is 11.3 Å². The molecule has 0 saturated carbocycles. The van der Waals surface area contributed by atoms with E-state index in [2.05, 4.69) is 5.32 Å². The Morgan fingerprint density at radius 1 is 1.21 bits per heavy atom. The molecule has 1 amide bonds. The summed E-state index contributed by atoms with van der Waals surface area (Å²) >= 11 is 0. The van der Waals surface area contributed by atoms with Crippen LogP contribution < -0.4 is 9.62 Å². The maximum Gasteiger partial charge on any atom is 0.338 e. The van der Waals surface area contributed by atoms with Gasteiger partial charge in [0.2, 0.25) is 10.0 Å². The average molecular weight is 413 g/mol. The number of sulfonamides is 1. The molecule has 9 heteroatoms.